The Labute approximate surface area is 109 Å². The summed E-state index contributed by atoms with van der Waals surface area (Å²) in [6.07, 6.45) is 0.927. The van der Waals surface area contributed by atoms with Crippen molar-refractivity contribution in [3.63, 3.8) is 0 Å². The smallest absolute Gasteiger partial charge is 0.245 e. The number of rotatable bonds is 4. The molecular formula is C11H13ClN2O2S. The molecule has 92 valence electrons. The molecule has 0 bridgehead atoms. The summed E-state index contributed by atoms with van der Waals surface area (Å²) in [4.78, 5) is 16.8. The summed E-state index contributed by atoms with van der Waals surface area (Å²) >= 11 is 7.77. The van der Waals surface area contributed by atoms with Gasteiger partial charge in [0, 0.05) is 9.92 Å². The average Bonchev–Trinajstić information content (AvgIpc) is 2.29. The maximum atomic E-state index is 10.6. The lowest BCUT2D eigenvalue weighted by Crippen LogP contribution is -2.29. The van der Waals surface area contributed by atoms with Gasteiger partial charge in [0.2, 0.25) is 5.91 Å². The van der Waals surface area contributed by atoms with Gasteiger partial charge in [-0.1, -0.05) is 11.6 Å². The van der Waals surface area contributed by atoms with Crippen molar-refractivity contribution in [3.8, 4) is 0 Å². The third kappa shape index (κ3) is 3.35. The number of hydroxylamine groups is 1. The standard InChI is InChI=1S/C11H13ClN2O2S/c12-7-1-2-10-8(5-7)9(3-4-17-10)14-16-6-11(13)15/h1-2,5,9,14H,3-4,6H2,(H2,13,15). The van der Waals surface area contributed by atoms with Gasteiger partial charge in [-0.2, -0.15) is 5.48 Å². The molecule has 1 aliphatic rings. The van der Waals surface area contributed by atoms with Gasteiger partial charge >= 0.3 is 0 Å². The molecule has 17 heavy (non-hydrogen) atoms. The molecule has 1 amide bonds. The largest absolute Gasteiger partial charge is 0.368 e. The number of carbonyl (C=O) groups excluding carboxylic acids is 1. The van der Waals surface area contributed by atoms with Gasteiger partial charge in [-0.3, -0.25) is 9.63 Å². The number of hydrogen-bond acceptors (Lipinski definition) is 4. The zero-order valence-corrected chi connectivity index (χ0v) is 10.7. The number of benzene rings is 1. The second-order valence-corrected chi connectivity index (χ2v) is 5.32. The lowest BCUT2D eigenvalue weighted by Gasteiger charge is -2.25. The van der Waals surface area contributed by atoms with Crippen molar-refractivity contribution >= 4 is 29.3 Å². The van der Waals surface area contributed by atoms with Gasteiger partial charge in [-0.25, -0.2) is 0 Å². The van der Waals surface area contributed by atoms with E-state index in [1.807, 2.05) is 18.2 Å². The predicted octanol–water partition coefficient (Wildman–Crippen LogP) is 1.88. The van der Waals surface area contributed by atoms with Crippen LogP contribution in [-0.2, 0) is 9.63 Å². The quantitative estimate of drug-likeness (QED) is 0.822. The fourth-order valence-corrected chi connectivity index (χ4v) is 2.99. The number of carbonyl (C=O) groups is 1. The molecule has 0 saturated carbocycles. The summed E-state index contributed by atoms with van der Waals surface area (Å²) in [5.41, 5.74) is 8.97. The Hall–Kier alpha value is -0.750. The summed E-state index contributed by atoms with van der Waals surface area (Å²) in [6, 6.07) is 5.86. The minimum Gasteiger partial charge on any atom is -0.368 e. The van der Waals surface area contributed by atoms with Gasteiger partial charge < -0.3 is 5.73 Å². The van der Waals surface area contributed by atoms with Crippen molar-refractivity contribution < 1.29 is 9.63 Å². The van der Waals surface area contributed by atoms with E-state index in [1.54, 1.807) is 11.8 Å². The van der Waals surface area contributed by atoms with E-state index in [1.165, 1.54) is 4.90 Å². The molecule has 6 heteroatoms. The fraction of sp³-hybridized carbons (Fsp3) is 0.364. The average molecular weight is 273 g/mol. The molecule has 0 aromatic heterocycles. The van der Waals surface area contributed by atoms with E-state index in [2.05, 4.69) is 5.48 Å². The highest BCUT2D eigenvalue weighted by atomic mass is 35.5. The van der Waals surface area contributed by atoms with Crippen molar-refractivity contribution in [1.82, 2.24) is 5.48 Å². The summed E-state index contributed by atoms with van der Waals surface area (Å²) in [5, 5.41) is 0.702. The van der Waals surface area contributed by atoms with Gasteiger partial charge in [0.15, 0.2) is 0 Å². The van der Waals surface area contributed by atoms with E-state index >= 15 is 0 Å². The highest BCUT2D eigenvalue weighted by Gasteiger charge is 2.21. The van der Waals surface area contributed by atoms with Gasteiger partial charge in [0.25, 0.3) is 0 Å². The normalized spacial score (nSPS) is 18.8. The molecule has 3 N–H and O–H groups in total. The third-order valence-electron chi connectivity index (χ3n) is 2.45. The molecule has 0 spiro atoms. The van der Waals surface area contributed by atoms with E-state index in [9.17, 15) is 4.79 Å². The number of hydrogen-bond donors (Lipinski definition) is 2. The van der Waals surface area contributed by atoms with E-state index in [4.69, 9.17) is 22.2 Å². The van der Waals surface area contributed by atoms with Crippen LogP contribution in [0.2, 0.25) is 5.02 Å². The zero-order chi connectivity index (χ0) is 12.3. The number of thioether (sulfide) groups is 1. The Morgan fingerprint density at radius 2 is 2.47 bits per heavy atom. The van der Waals surface area contributed by atoms with Crippen LogP contribution in [0.1, 0.15) is 18.0 Å². The first kappa shape index (κ1) is 12.7. The highest BCUT2D eigenvalue weighted by molar-refractivity contribution is 7.99. The SMILES string of the molecule is NC(=O)CONC1CCSc2ccc(Cl)cc21. The topological polar surface area (TPSA) is 64.4 Å². The van der Waals surface area contributed by atoms with Crippen molar-refractivity contribution in [2.45, 2.75) is 17.4 Å². The summed E-state index contributed by atoms with van der Waals surface area (Å²) in [6.45, 7) is -0.125. The molecule has 0 radical (unpaired) electrons. The Kier molecular flexibility index (Phi) is 4.28. The van der Waals surface area contributed by atoms with Crippen molar-refractivity contribution in [2.75, 3.05) is 12.4 Å². The van der Waals surface area contributed by atoms with Gasteiger partial charge in [0.1, 0.15) is 6.61 Å². The van der Waals surface area contributed by atoms with Crippen molar-refractivity contribution in [3.05, 3.63) is 28.8 Å². The molecule has 0 fully saturated rings. The molecule has 2 rings (SSSR count). The van der Waals surface area contributed by atoms with E-state index < -0.39 is 5.91 Å². The minimum atomic E-state index is -0.492. The Morgan fingerprint density at radius 1 is 1.65 bits per heavy atom. The minimum absolute atomic E-state index is 0.0595. The lowest BCUT2D eigenvalue weighted by molar-refractivity contribution is -0.126. The van der Waals surface area contributed by atoms with Crippen molar-refractivity contribution in [2.24, 2.45) is 5.73 Å². The van der Waals surface area contributed by atoms with Crippen LogP contribution < -0.4 is 11.2 Å². The van der Waals surface area contributed by atoms with Crippen LogP contribution in [0.3, 0.4) is 0 Å². The summed E-state index contributed by atoms with van der Waals surface area (Å²) < 4.78 is 0. The second kappa shape index (κ2) is 5.73. The molecule has 0 aliphatic carbocycles. The number of halogens is 1. The van der Waals surface area contributed by atoms with Crippen LogP contribution in [0, 0.1) is 0 Å². The number of nitrogens with two attached hydrogens (primary N) is 1. The van der Waals surface area contributed by atoms with E-state index in [-0.39, 0.29) is 12.6 Å². The number of amides is 1. The maximum Gasteiger partial charge on any atom is 0.245 e. The molecule has 1 aromatic carbocycles. The Morgan fingerprint density at radius 3 is 3.24 bits per heavy atom. The van der Waals surface area contributed by atoms with Crippen LogP contribution in [0.5, 0.6) is 0 Å². The van der Waals surface area contributed by atoms with Crippen LogP contribution >= 0.6 is 23.4 Å². The number of primary amides is 1. The third-order valence-corrected chi connectivity index (χ3v) is 3.81. The van der Waals surface area contributed by atoms with E-state index in [0.717, 1.165) is 17.7 Å². The first-order valence-electron chi connectivity index (χ1n) is 5.24. The van der Waals surface area contributed by atoms with Gasteiger partial charge in [-0.15, -0.1) is 11.8 Å². The number of fused-ring (bicyclic) bond motifs is 1. The lowest BCUT2D eigenvalue weighted by atomic mass is 10.0. The summed E-state index contributed by atoms with van der Waals surface area (Å²) in [7, 11) is 0. The molecular weight excluding hydrogens is 260 g/mol. The Bertz CT molecular complexity index is 428. The molecule has 1 aromatic rings. The van der Waals surface area contributed by atoms with Crippen LogP contribution in [0.25, 0.3) is 0 Å². The predicted molar refractivity (Wildman–Crippen MR) is 67.8 cm³/mol. The van der Waals surface area contributed by atoms with Crippen LogP contribution in [0.15, 0.2) is 23.1 Å². The van der Waals surface area contributed by atoms with Gasteiger partial charge in [-0.05, 0) is 35.9 Å². The monoisotopic (exact) mass is 272 g/mol. The summed E-state index contributed by atoms with van der Waals surface area (Å²) in [5.74, 6) is 0.515. The first-order valence-corrected chi connectivity index (χ1v) is 6.61. The first-order chi connectivity index (χ1) is 8.16. The number of nitrogens with one attached hydrogen (secondary N) is 1. The molecule has 1 unspecified atom stereocenters. The molecule has 1 heterocycles. The van der Waals surface area contributed by atoms with E-state index in [0.29, 0.717) is 5.02 Å². The molecule has 4 nitrogen and oxygen atoms in total. The van der Waals surface area contributed by atoms with Crippen LogP contribution in [-0.4, -0.2) is 18.3 Å². The molecule has 0 saturated heterocycles. The highest BCUT2D eigenvalue weighted by Crippen LogP contribution is 2.37. The maximum absolute atomic E-state index is 10.6. The zero-order valence-electron chi connectivity index (χ0n) is 9.11. The molecule has 1 aliphatic heterocycles. The van der Waals surface area contributed by atoms with Gasteiger partial charge in [0.05, 0.1) is 6.04 Å². The fourth-order valence-electron chi connectivity index (χ4n) is 1.70. The Balaban J connectivity index is 2.05. The van der Waals surface area contributed by atoms with Crippen LogP contribution in [0.4, 0.5) is 0 Å². The second-order valence-electron chi connectivity index (χ2n) is 3.74. The van der Waals surface area contributed by atoms with Crippen molar-refractivity contribution in [1.29, 1.82) is 0 Å². The molecule has 1 atom stereocenters.